The predicted molar refractivity (Wildman–Crippen MR) is 118 cm³/mol. The van der Waals surface area contributed by atoms with Gasteiger partial charge in [0.05, 0.1) is 29.2 Å². The molecule has 0 saturated carbocycles. The SMILES string of the molecule is Cc1c(-c2ccccc2)nc2ccc(Br)cc2c1C(=O)Nc1cnc(OC(=O)O)cn1. The van der Waals surface area contributed by atoms with Crippen LogP contribution in [0.3, 0.4) is 0 Å². The van der Waals surface area contributed by atoms with Crippen LogP contribution in [0.2, 0.25) is 0 Å². The van der Waals surface area contributed by atoms with Crippen molar-refractivity contribution in [1.29, 1.82) is 0 Å². The number of carbonyl (C=O) groups excluding carboxylic acids is 1. The van der Waals surface area contributed by atoms with Crippen LogP contribution in [-0.2, 0) is 0 Å². The van der Waals surface area contributed by atoms with Gasteiger partial charge in [-0.3, -0.25) is 4.79 Å². The molecule has 2 aromatic carbocycles. The highest BCUT2D eigenvalue weighted by Gasteiger charge is 2.20. The first-order valence-corrected chi connectivity index (χ1v) is 9.91. The predicted octanol–water partition coefficient (Wildman–Crippen LogP) is 5.07. The van der Waals surface area contributed by atoms with Crippen molar-refractivity contribution < 1.29 is 19.4 Å². The second-order valence-electron chi connectivity index (χ2n) is 6.55. The number of nitrogens with zero attached hydrogens (tertiary/aromatic N) is 3. The molecule has 0 bridgehead atoms. The van der Waals surface area contributed by atoms with E-state index in [4.69, 9.17) is 10.1 Å². The van der Waals surface area contributed by atoms with Crippen LogP contribution in [0.15, 0.2) is 65.4 Å². The Morgan fingerprint density at radius 3 is 2.52 bits per heavy atom. The van der Waals surface area contributed by atoms with Gasteiger partial charge >= 0.3 is 6.16 Å². The number of aromatic nitrogens is 3. The number of rotatable bonds is 4. The van der Waals surface area contributed by atoms with Gasteiger partial charge in [0.2, 0.25) is 5.88 Å². The van der Waals surface area contributed by atoms with E-state index in [0.29, 0.717) is 27.7 Å². The molecule has 1 amide bonds. The Bertz CT molecular complexity index is 1290. The molecule has 0 unspecified atom stereocenters. The summed E-state index contributed by atoms with van der Waals surface area (Å²) in [6.45, 7) is 1.85. The van der Waals surface area contributed by atoms with Crippen LogP contribution < -0.4 is 10.1 Å². The Morgan fingerprint density at radius 1 is 1.06 bits per heavy atom. The van der Waals surface area contributed by atoms with Crippen LogP contribution in [0, 0.1) is 6.92 Å². The van der Waals surface area contributed by atoms with Crippen molar-refractivity contribution in [3.8, 4) is 17.1 Å². The average Bonchev–Trinajstić information content (AvgIpc) is 2.75. The minimum Gasteiger partial charge on any atom is -0.449 e. The Hall–Kier alpha value is -3.85. The average molecular weight is 479 g/mol. The first-order valence-electron chi connectivity index (χ1n) is 9.12. The minimum absolute atomic E-state index is 0.156. The molecule has 8 nitrogen and oxygen atoms in total. The van der Waals surface area contributed by atoms with Gasteiger partial charge < -0.3 is 15.2 Å². The maximum atomic E-state index is 13.3. The highest BCUT2D eigenvalue weighted by molar-refractivity contribution is 9.10. The molecule has 154 valence electrons. The third-order valence-electron chi connectivity index (χ3n) is 4.53. The number of halogens is 1. The van der Waals surface area contributed by atoms with Crippen LogP contribution in [-0.4, -0.2) is 32.1 Å². The summed E-state index contributed by atoms with van der Waals surface area (Å²) in [5.41, 5.74) is 3.45. The summed E-state index contributed by atoms with van der Waals surface area (Å²) in [5, 5.41) is 12.0. The van der Waals surface area contributed by atoms with Crippen molar-refractivity contribution in [2.24, 2.45) is 0 Å². The van der Waals surface area contributed by atoms with Gasteiger partial charge in [-0.05, 0) is 30.7 Å². The molecule has 0 aliphatic heterocycles. The lowest BCUT2D eigenvalue weighted by Crippen LogP contribution is -2.16. The molecule has 0 atom stereocenters. The third kappa shape index (κ3) is 4.36. The Balaban J connectivity index is 1.78. The van der Waals surface area contributed by atoms with Crippen LogP contribution in [0.4, 0.5) is 10.6 Å². The molecule has 0 saturated heterocycles. The van der Waals surface area contributed by atoms with Gasteiger partial charge in [0, 0.05) is 15.4 Å². The van der Waals surface area contributed by atoms with Crippen LogP contribution in [0.25, 0.3) is 22.2 Å². The topological polar surface area (TPSA) is 114 Å². The number of hydrogen-bond donors (Lipinski definition) is 2. The van der Waals surface area contributed by atoms with Gasteiger partial charge in [0.1, 0.15) is 0 Å². The molecule has 9 heteroatoms. The number of amides is 1. The van der Waals surface area contributed by atoms with Crippen LogP contribution in [0.5, 0.6) is 5.88 Å². The zero-order chi connectivity index (χ0) is 22.0. The van der Waals surface area contributed by atoms with E-state index in [-0.39, 0.29) is 17.6 Å². The lowest BCUT2D eigenvalue weighted by molar-refractivity contribution is 0.102. The molecule has 31 heavy (non-hydrogen) atoms. The molecule has 2 aromatic heterocycles. The smallest absolute Gasteiger partial charge is 0.449 e. The number of nitrogens with one attached hydrogen (secondary N) is 1. The summed E-state index contributed by atoms with van der Waals surface area (Å²) in [5.74, 6) is -0.420. The fraction of sp³-hybridized carbons (Fsp3) is 0.0455. The number of ether oxygens (including phenoxy) is 1. The summed E-state index contributed by atoms with van der Waals surface area (Å²) in [4.78, 5) is 36.4. The zero-order valence-corrected chi connectivity index (χ0v) is 17.8. The summed E-state index contributed by atoms with van der Waals surface area (Å²) in [6.07, 6.45) is 0.847. The molecule has 4 rings (SSSR count). The Labute approximate surface area is 185 Å². The highest BCUT2D eigenvalue weighted by Crippen LogP contribution is 2.31. The number of benzene rings is 2. The fourth-order valence-electron chi connectivity index (χ4n) is 3.20. The maximum Gasteiger partial charge on any atom is 0.512 e. The maximum absolute atomic E-state index is 13.3. The van der Waals surface area contributed by atoms with Crippen molar-refractivity contribution in [3.63, 3.8) is 0 Å². The van der Waals surface area contributed by atoms with Crippen molar-refractivity contribution in [2.45, 2.75) is 6.92 Å². The summed E-state index contributed by atoms with van der Waals surface area (Å²) in [6, 6.07) is 15.2. The van der Waals surface area contributed by atoms with E-state index < -0.39 is 6.16 Å². The van der Waals surface area contributed by atoms with E-state index in [9.17, 15) is 9.59 Å². The van der Waals surface area contributed by atoms with Gasteiger partial charge in [-0.25, -0.2) is 19.7 Å². The van der Waals surface area contributed by atoms with E-state index >= 15 is 0 Å². The molecule has 2 heterocycles. The van der Waals surface area contributed by atoms with Crippen LogP contribution in [0.1, 0.15) is 15.9 Å². The molecule has 4 aromatic rings. The molecule has 0 aliphatic rings. The standard InChI is InChI=1S/C22H15BrN4O4/c1-12-19(21(28)27-17-10-25-18(11-24-17)31-22(29)30)15-9-14(23)7-8-16(15)26-20(12)13-5-3-2-4-6-13/h2-11H,1H3,(H,29,30)(H,24,27,28). The van der Waals surface area contributed by atoms with Gasteiger partial charge in [-0.1, -0.05) is 46.3 Å². The first kappa shape index (κ1) is 20.4. The Kier molecular flexibility index (Phi) is 5.59. The third-order valence-corrected chi connectivity index (χ3v) is 5.02. The van der Waals surface area contributed by atoms with E-state index in [0.717, 1.165) is 16.2 Å². The van der Waals surface area contributed by atoms with Gasteiger partial charge in [-0.15, -0.1) is 0 Å². The van der Waals surface area contributed by atoms with Crippen molar-refractivity contribution in [3.05, 3.63) is 76.5 Å². The number of carbonyl (C=O) groups is 2. The number of anilines is 1. The summed E-state index contributed by atoms with van der Waals surface area (Å²) in [7, 11) is 0. The van der Waals surface area contributed by atoms with Gasteiger partial charge in [0.15, 0.2) is 5.82 Å². The summed E-state index contributed by atoms with van der Waals surface area (Å²) < 4.78 is 5.25. The lowest BCUT2D eigenvalue weighted by Gasteiger charge is -2.15. The first-order chi connectivity index (χ1) is 14.9. The normalized spacial score (nSPS) is 10.6. The minimum atomic E-state index is -1.50. The summed E-state index contributed by atoms with van der Waals surface area (Å²) >= 11 is 3.45. The second kappa shape index (κ2) is 8.49. The number of pyridine rings is 1. The zero-order valence-electron chi connectivity index (χ0n) is 16.2. The van der Waals surface area contributed by atoms with Crippen molar-refractivity contribution in [2.75, 3.05) is 5.32 Å². The van der Waals surface area contributed by atoms with Gasteiger partial charge in [-0.2, -0.15) is 0 Å². The number of hydrogen-bond acceptors (Lipinski definition) is 6. The van der Waals surface area contributed by atoms with E-state index in [1.807, 2.05) is 55.5 Å². The molecular weight excluding hydrogens is 464 g/mol. The largest absolute Gasteiger partial charge is 0.512 e. The van der Waals surface area contributed by atoms with E-state index in [1.54, 1.807) is 0 Å². The van der Waals surface area contributed by atoms with E-state index in [1.165, 1.54) is 6.20 Å². The quantitative estimate of drug-likeness (QED) is 0.393. The van der Waals surface area contributed by atoms with Gasteiger partial charge in [0.25, 0.3) is 5.91 Å². The number of fused-ring (bicyclic) bond motifs is 1. The monoisotopic (exact) mass is 478 g/mol. The highest BCUT2D eigenvalue weighted by atomic mass is 79.9. The number of carboxylic acid groups (broad SMARTS) is 1. The fourth-order valence-corrected chi connectivity index (χ4v) is 3.56. The lowest BCUT2D eigenvalue weighted by atomic mass is 9.97. The molecule has 0 aliphatic carbocycles. The molecule has 0 radical (unpaired) electrons. The van der Waals surface area contributed by atoms with Crippen LogP contribution >= 0.6 is 15.9 Å². The van der Waals surface area contributed by atoms with Crippen molar-refractivity contribution in [1.82, 2.24) is 15.0 Å². The molecule has 0 spiro atoms. The second-order valence-corrected chi connectivity index (χ2v) is 7.47. The van der Waals surface area contributed by atoms with Crippen molar-refractivity contribution >= 4 is 44.7 Å². The molecule has 0 fully saturated rings. The van der Waals surface area contributed by atoms with E-state index in [2.05, 4.69) is 36.0 Å². The Morgan fingerprint density at radius 2 is 1.84 bits per heavy atom. The molecular formula is C22H15BrN4O4. The molecule has 2 N–H and O–H groups in total.